The van der Waals surface area contributed by atoms with Crippen molar-refractivity contribution in [3.63, 3.8) is 0 Å². The van der Waals surface area contributed by atoms with E-state index in [2.05, 4.69) is 16.0 Å². The zero-order valence-corrected chi connectivity index (χ0v) is 20.3. The Morgan fingerprint density at radius 1 is 1.00 bits per heavy atom. The lowest BCUT2D eigenvalue weighted by atomic mass is 9.84. The summed E-state index contributed by atoms with van der Waals surface area (Å²) in [5, 5.41) is 9.88. The van der Waals surface area contributed by atoms with Crippen molar-refractivity contribution in [2.45, 2.75) is 44.6 Å². The molecule has 0 bridgehead atoms. The Hall–Kier alpha value is -2.44. The summed E-state index contributed by atoms with van der Waals surface area (Å²) in [7, 11) is 1.63. The zero-order chi connectivity index (χ0) is 23.6. The summed E-state index contributed by atoms with van der Waals surface area (Å²) in [6, 6.07) is 11.7. The summed E-state index contributed by atoms with van der Waals surface area (Å²) in [5.74, 6) is 0.677. The number of methoxy groups -OCH3 is 1. The number of nitrogens with one attached hydrogen (secondary N) is 3. The van der Waals surface area contributed by atoms with Gasteiger partial charge in [-0.25, -0.2) is 0 Å². The predicted molar refractivity (Wildman–Crippen MR) is 133 cm³/mol. The van der Waals surface area contributed by atoms with Crippen LogP contribution < -0.4 is 20.7 Å². The van der Waals surface area contributed by atoms with Gasteiger partial charge in [-0.15, -0.1) is 0 Å². The van der Waals surface area contributed by atoms with Crippen molar-refractivity contribution in [2.24, 2.45) is 5.92 Å². The number of halogens is 2. The molecule has 0 saturated heterocycles. The van der Waals surface area contributed by atoms with Gasteiger partial charge >= 0.3 is 0 Å². The van der Waals surface area contributed by atoms with Crippen LogP contribution in [0.2, 0.25) is 10.0 Å². The molecule has 1 fully saturated rings. The quantitative estimate of drug-likeness (QED) is 0.394. The van der Waals surface area contributed by atoms with E-state index in [9.17, 15) is 9.59 Å². The zero-order valence-electron chi connectivity index (χ0n) is 18.8. The molecule has 0 aromatic heterocycles. The van der Waals surface area contributed by atoms with Crippen LogP contribution >= 0.6 is 23.2 Å². The van der Waals surface area contributed by atoms with Crippen LogP contribution in [0.25, 0.3) is 0 Å². The third kappa shape index (κ3) is 8.13. The highest BCUT2D eigenvalue weighted by Crippen LogP contribution is 2.27. The number of amides is 2. The first kappa shape index (κ1) is 25.2. The highest BCUT2D eigenvalue weighted by atomic mass is 35.5. The van der Waals surface area contributed by atoms with Gasteiger partial charge in [0.05, 0.1) is 7.11 Å². The van der Waals surface area contributed by atoms with Crippen LogP contribution in [0, 0.1) is 5.92 Å². The first-order valence-corrected chi connectivity index (χ1v) is 12.1. The largest absolute Gasteiger partial charge is 0.497 e. The minimum atomic E-state index is -0.612. The normalized spacial score (nSPS) is 14.9. The fraction of sp³-hybridized carbons (Fsp3) is 0.440. The molecule has 1 atom stereocenters. The molecule has 8 heteroatoms. The van der Waals surface area contributed by atoms with Crippen LogP contribution in [0.1, 0.15) is 48.9 Å². The first-order valence-electron chi connectivity index (χ1n) is 11.4. The third-order valence-electron chi connectivity index (χ3n) is 5.88. The lowest BCUT2D eigenvalue weighted by molar-refractivity contribution is -0.123. The van der Waals surface area contributed by atoms with Crippen LogP contribution in [0.3, 0.4) is 0 Å². The number of carbonyl (C=O) groups excluding carboxylic acids is 2. The van der Waals surface area contributed by atoms with E-state index in [-0.39, 0.29) is 11.8 Å². The van der Waals surface area contributed by atoms with E-state index in [1.54, 1.807) is 25.3 Å². The monoisotopic (exact) mass is 491 g/mol. The third-order valence-corrected chi connectivity index (χ3v) is 6.32. The fourth-order valence-electron chi connectivity index (χ4n) is 4.14. The van der Waals surface area contributed by atoms with Crippen LogP contribution in [0.5, 0.6) is 5.75 Å². The Bertz CT molecular complexity index is 911. The molecule has 178 valence electrons. The molecule has 0 heterocycles. The van der Waals surface area contributed by atoms with Gasteiger partial charge in [0, 0.05) is 34.4 Å². The lowest BCUT2D eigenvalue weighted by Crippen LogP contribution is -2.48. The van der Waals surface area contributed by atoms with Gasteiger partial charge in [0.2, 0.25) is 5.91 Å². The topological polar surface area (TPSA) is 79.5 Å². The van der Waals surface area contributed by atoms with Gasteiger partial charge in [-0.05, 0) is 54.8 Å². The number of hydrogen-bond acceptors (Lipinski definition) is 4. The van der Waals surface area contributed by atoms with Crippen LogP contribution in [-0.4, -0.2) is 38.1 Å². The smallest absolute Gasteiger partial charge is 0.252 e. The van der Waals surface area contributed by atoms with E-state index in [0.717, 1.165) is 24.3 Å². The molecule has 3 rings (SSSR count). The number of carbonyl (C=O) groups is 2. The number of hydrogen-bond donors (Lipinski definition) is 3. The van der Waals surface area contributed by atoms with Crippen molar-refractivity contribution in [3.05, 3.63) is 58.1 Å². The van der Waals surface area contributed by atoms with Crippen molar-refractivity contribution in [1.82, 2.24) is 10.6 Å². The average molecular weight is 492 g/mol. The number of rotatable bonds is 10. The summed E-state index contributed by atoms with van der Waals surface area (Å²) in [5.41, 5.74) is 1.28. The molecule has 3 N–H and O–H groups in total. The second-order valence-corrected chi connectivity index (χ2v) is 9.24. The first-order chi connectivity index (χ1) is 15.9. The molecular weight excluding hydrogens is 461 g/mol. The molecular formula is C25H31Cl2N3O3. The summed E-state index contributed by atoms with van der Waals surface area (Å²) in [6.45, 7) is 0.997. The van der Waals surface area contributed by atoms with Crippen molar-refractivity contribution < 1.29 is 14.3 Å². The number of ether oxygens (including phenoxy) is 1. The van der Waals surface area contributed by atoms with Gasteiger partial charge in [-0.3, -0.25) is 9.59 Å². The molecule has 2 amide bonds. The van der Waals surface area contributed by atoms with Crippen molar-refractivity contribution in [1.29, 1.82) is 0 Å². The van der Waals surface area contributed by atoms with Crippen molar-refractivity contribution in [2.75, 3.05) is 25.5 Å². The van der Waals surface area contributed by atoms with Crippen molar-refractivity contribution >= 4 is 40.7 Å². The van der Waals surface area contributed by atoms with Gasteiger partial charge in [0.25, 0.3) is 5.91 Å². The fourth-order valence-corrected chi connectivity index (χ4v) is 4.66. The second-order valence-electron chi connectivity index (χ2n) is 8.37. The van der Waals surface area contributed by atoms with Crippen molar-refractivity contribution in [3.8, 4) is 5.75 Å². The molecule has 1 aliphatic carbocycles. The maximum atomic E-state index is 13.0. The van der Waals surface area contributed by atoms with E-state index < -0.39 is 6.04 Å². The summed E-state index contributed by atoms with van der Waals surface area (Å²) >= 11 is 12.1. The molecule has 1 aliphatic rings. The molecule has 1 saturated carbocycles. The molecule has 33 heavy (non-hydrogen) atoms. The molecule has 0 radical (unpaired) electrons. The standard InChI is InChI=1S/C25H31Cl2N3O3/c1-33-22-9-7-21(8-10-22)28-11-12-29-25(32)23(13-17-5-3-2-4-6-17)30-24(31)18-14-19(26)16-20(27)15-18/h7-10,14-17,23,28H,2-6,11-13H2,1H3,(H,29,32)(H,30,31). The van der Waals surface area contributed by atoms with Crippen LogP contribution in [0.15, 0.2) is 42.5 Å². The Morgan fingerprint density at radius 3 is 2.30 bits per heavy atom. The highest BCUT2D eigenvalue weighted by molar-refractivity contribution is 6.35. The van der Waals surface area contributed by atoms with E-state index in [1.807, 2.05) is 24.3 Å². The molecule has 2 aromatic rings. The predicted octanol–water partition coefficient (Wildman–Crippen LogP) is 5.30. The van der Waals surface area contributed by atoms with Gasteiger partial charge in [-0.1, -0.05) is 55.3 Å². The SMILES string of the molecule is COc1ccc(NCCNC(=O)C(CC2CCCCC2)NC(=O)c2cc(Cl)cc(Cl)c2)cc1. The van der Waals surface area contributed by atoms with Gasteiger partial charge in [-0.2, -0.15) is 0 Å². The van der Waals surface area contributed by atoms with Gasteiger partial charge in [0.1, 0.15) is 11.8 Å². The second kappa shape index (κ2) is 12.7. The molecule has 0 spiro atoms. The lowest BCUT2D eigenvalue weighted by Gasteiger charge is -2.26. The highest BCUT2D eigenvalue weighted by Gasteiger charge is 2.26. The molecule has 6 nitrogen and oxygen atoms in total. The van der Waals surface area contributed by atoms with Crippen LogP contribution in [0.4, 0.5) is 5.69 Å². The Balaban J connectivity index is 1.57. The minimum Gasteiger partial charge on any atom is -0.497 e. The molecule has 1 unspecified atom stereocenters. The van der Waals surface area contributed by atoms with E-state index >= 15 is 0 Å². The van der Waals surface area contributed by atoms with E-state index in [1.165, 1.54) is 19.3 Å². The van der Waals surface area contributed by atoms with Gasteiger partial charge < -0.3 is 20.7 Å². The Morgan fingerprint density at radius 2 is 1.67 bits per heavy atom. The summed E-state index contributed by atoms with van der Waals surface area (Å²) in [6.07, 6.45) is 6.37. The maximum Gasteiger partial charge on any atom is 0.252 e. The number of anilines is 1. The van der Waals surface area contributed by atoms with Gasteiger partial charge in [0.15, 0.2) is 0 Å². The summed E-state index contributed by atoms with van der Waals surface area (Å²) in [4.78, 5) is 25.8. The molecule has 2 aromatic carbocycles. The Labute approximate surface area is 205 Å². The average Bonchev–Trinajstić information content (AvgIpc) is 2.81. The van der Waals surface area contributed by atoms with E-state index in [0.29, 0.717) is 41.0 Å². The number of benzene rings is 2. The molecule has 0 aliphatic heterocycles. The van der Waals surface area contributed by atoms with Crippen LogP contribution in [-0.2, 0) is 4.79 Å². The minimum absolute atomic E-state index is 0.182. The van der Waals surface area contributed by atoms with E-state index in [4.69, 9.17) is 27.9 Å². The maximum absolute atomic E-state index is 13.0. The summed E-state index contributed by atoms with van der Waals surface area (Å²) < 4.78 is 5.16. The Kier molecular flexibility index (Phi) is 9.70.